The maximum absolute atomic E-state index is 12.3. The first-order chi connectivity index (χ1) is 9.08. The molecule has 2 amide bonds. The Kier molecular flexibility index (Phi) is 4.24. The second-order valence-electron chi connectivity index (χ2n) is 4.84. The van der Waals surface area contributed by atoms with E-state index in [1.807, 2.05) is 12.3 Å². The Bertz CT molecular complexity index is 484. The van der Waals surface area contributed by atoms with Gasteiger partial charge in [0.25, 0.3) is 0 Å². The topological polar surface area (TPSA) is 49.4 Å². The normalized spacial score (nSPS) is 23.6. The predicted octanol–water partition coefficient (Wildman–Crippen LogP) is 1.94. The van der Waals surface area contributed by atoms with Crippen LogP contribution in [0.1, 0.15) is 37.6 Å². The monoisotopic (exact) mass is 280 g/mol. The average Bonchev–Trinajstić information content (AvgIpc) is 2.83. The Morgan fingerprint density at radius 2 is 2.11 bits per heavy atom. The van der Waals surface area contributed by atoms with Crippen LogP contribution in [0.15, 0.2) is 11.4 Å². The molecule has 1 aromatic heterocycles. The number of rotatable bonds is 4. The van der Waals surface area contributed by atoms with E-state index in [4.69, 9.17) is 0 Å². The first-order valence-corrected chi connectivity index (χ1v) is 7.62. The molecule has 5 heteroatoms. The second-order valence-corrected chi connectivity index (χ2v) is 5.84. The van der Waals surface area contributed by atoms with Gasteiger partial charge in [-0.3, -0.25) is 9.59 Å². The molecule has 1 N–H and O–H groups in total. The van der Waals surface area contributed by atoms with Crippen LogP contribution >= 0.6 is 11.3 Å². The highest BCUT2D eigenvalue weighted by atomic mass is 32.1. The zero-order valence-corrected chi connectivity index (χ0v) is 12.4. The van der Waals surface area contributed by atoms with Crippen LogP contribution in [0.5, 0.6) is 0 Å². The summed E-state index contributed by atoms with van der Waals surface area (Å²) in [6, 6.07) is 1.34. The van der Waals surface area contributed by atoms with Gasteiger partial charge in [0.15, 0.2) is 0 Å². The fourth-order valence-corrected chi connectivity index (χ4v) is 3.46. The maximum atomic E-state index is 12.3. The van der Waals surface area contributed by atoms with E-state index >= 15 is 0 Å². The largest absolute Gasteiger partial charge is 0.343 e. The molecule has 2 unspecified atom stereocenters. The summed E-state index contributed by atoms with van der Waals surface area (Å²) in [5.41, 5.74) is 1.27. The summed E-state index contributed by atoms with van der Waals surface area (Å²) < 4.78 is 0. The highest BCUT2D eigenvalue weighted by Gasteiger charge is 2.37. The van der Waals surface area contributed by atoms with Crippen molar-refractivity contribution in [2.75, 3.05) is 0 Å². The third-order valence-electron chi connectivity index (χ3n) is 3.61. The lowest BCUT2D eigenvalue weighted by molar-refractivity contribution is -0.149. The summed E-state index contributed by atoms with van der Waals surface area (Å²) in [4.78, 5) is 27.2. The smallest absolute Gasteiger partial charge is 0.245 e. The first-order valence-electron chi connectivity index (χ1n) is 6.74. The molecule has 0 aromatic carbocycles. The molecule has 2 heterocycles. The van der Waals surface area contributed by atoms with Crippen molar-refractivity contribution in [3.63, 3.8) is 0 Å². The van der Waals surface area contributed by atoms with E-state index in [2.05, 4.69) is 18.3 Å². The van der Waals surface area contributed by atoms with Gasteiger partial charge in [-0.25, -0.2) is 0 Å². The molecule has 2 rings (SSSR count). The molecule has 19 heavy (non-hydrogen) atoms. The first kappa shape index (κ1) is 14.1. The van der Waals surface area contributed by atoms with Gasteiger partial charge in [0, 0.05) is 4.88 Å². The zero-order valence-electron chi connectivity index (χ0n) is 11.6. The van der Waals surface area contributed by atoms with Crippen molar-refractivity contribution in [1.29, 1.82) is 0 Å². The molecule has 1 aliphatic heterocycles. The van der Waals surface area contributed by atoms with Gasteiger partial charge in [-0.1, -0.05) is 13.8 Å². The highest BCUT2D eigenvalue weighted by Crippen LogP contribution is 2.23. The zero-order chi connectivity index (χ0) is 14.0. The minimum absolute atomic E-state index is 0.0157. The molecule has 0 bridgehead atoms. The standard InChI is InChI=1S/C14H20N2O2S/c1-4-10-6-7-19-12(10)8-16-11(5-2)13(17)15-9(3)14(16)18/h6-7,9,11H,4-5,8H2,1-3H3,(H,15,17). The van der Waals surface area contributed by atoms with Gasteiger partial charge >= 0.3 is 0 Å². The lowest BCUT2D eigenvalue weighted by Crippen LogP contribution is -2.61. The molecule has 104 valence electrons. The Morgan fingerprint density at radius 1 is 1.37 bits per heavy atom. The molecule has 0 aliphatic carbocycles. The van der Waals surface area contributed by atoms with E-state index in [9.17, 15) is 9.59 Å². The molecule has 0 radical (unpaired) electrons. The van der Waals surface area contributed by atoms with Gasteiger partial charge in [-0.2, -0.15) is 0 Å². The summed E-state index contributed by atoms with van der Waals surface area (Å²) in [6.45, 7) is 6.34. The molecule has 2 atom stereocenters. The van der Waals surface area contributed by atoms with Crippen LogP contribution in [0.25, 0.3) is 0 Å². The van der Waals surface area contributed by atoms with Gasteiger partial charge in [0.2, 0.25) is 11.8 Å². The molecular weight excluding hydrogens is 260 g/mol. The van der Waals surface area contributed by atoms with E-state index < -0.39 is 6.04 Å². The van der Waals surface area contributed by atoms with Gasteiger partial charge in [-0.15, -0.1) is 11.3 Å². The molecule has 1 fully saturated rings. The van der Waals surface area contributed by atoms with Crippen LogP contribution in [0, 0.1) is 0 Å². The number of hydrogen-bond donors (Lipinski definition) is 1. The number of piperazine rings is 1. The third-order valence-corrected chi connectivity index (χ3v) is 4.56. The quantitative estimate of drug-likeness (QED) is 0.916. The Balaban J connectivity index is 2.24. The highest BCUT2D eigenvalue weighted by molar-refractivity contribution is 7.10. The van der Waals surface area contributed by atoms with E-state index in [-0.39, 0.29) is 17.9 Å². The number of carbonyl (C=O) groups excluding carboxylic acids is 2. The SMILES string of the molecule is CCc1ccsc1CN1C(=O)C(C)NC(=O)C1CC. The molecule has 4 nitrogen and oxygen atoms in total. The molecule has 1 aliphatic rings. The Labute approximate surface area is 117 Å². The van der Waals surface area contributed by atoms with Crippen molar-refractivity contribution >= 4 is 23.2 Å². The van der Waals surface area contributed by atoms with E-state index in [0.717, 1.165) is 6.42 Å². The number of carbonyl (C=O) groups is 2. The van der Waals surface area contributed by atoms with Crippen molar-refractivity contribution in [2.45, 2.75) is 52.2 Å². The second kappa shape index (κ2) is 5.74. The van der Waals surface area contributed by atoms with Crippen molar-refractivity contribution in [3.05, 3.63) is 21.9 Å². The van der Waals surface area contributed by atoms with E-state index in [1.165, 1.54) is 10.4 Å². The van der Waals surface area contributed by atoms with Gasteiger partial charge < -0.3 is 10.2 Å². The third kappa shape index (κ3) is 2.66. The van der Waals surface area contributed by atoms with Crippen LogP contribution in [-0.4, -0.2) is 28.8 Å². The summed E-state index contributed by atoms with van der Waals surface area (Å²) in [5.74, 6) is -0.0221. The van der Waals surface area contributed by atoms with Gasteiger partial charge in [-0.05, 0) is 36.8 Å². The number of aryl methyl sites for hydroxylation is 1. The summed E-state index contributed by atoms with van der Waals surface area (Å²) >= 11 is 1.66. The van der Waals surface area contributed by atoms with Crippen molar-refractivity contribution in [1.82, 2.24) is 10.2 Å². The van der Waals surface area contributed by atoms with E-state index in [0.29, 0.717) is 13.0 Å². The Hall–Kier alpha value is -1.36. The number of thiophene rings is 1. The number of nitrogens with one attached hydrogen (secondary N) is 1. The van der Waals surface area contributed by atoms with Crippen molar-refractivity contribution < 1.29 is 9.59 Å². The average molecular weight is 280 g/mol. The van der Waals surface area contributed by atoms with Gasteiger partial charge in [0.1, 0.15) is 12.1 Å². The molecular formula is C14H20N2O2S. The van der Waals surface area contributed by atoms with E-state index in [1.54, 1.807) is 23.2 Å². The lowest BCUT2D eigenvalue weighted by atomic mass is 10.1. The lowest BCUT2D eigenvalue weighted by Gasteiger charge is -2.37. The summed E-state index contributed by atoms with van der Waals surface area (Å²) in [6.07, 6.45) is 1.61. The fourth-order valence-electron chi connectivity index (χ4n) is 2.48. The fraction of sp³-hybridized carbons (Fsp3) is 0.571. The summed E-state index contributed by atoms with van der Waals surface area (Å²) in [7, 11) is 0. The number of nitrogens with zero attached hydrogens (tertiary/aromatic N) is 1. The van der Waals surface area contributed by atoms with Gasteiger partial charge in [0.05, 0.1) is 6.54 Å². The minimum Gasteiger partial charge on any atom is -0.343 e. The van der Waals surface area contributed by atoms with Crippen LogP contribution in [0.2, 0.25) is 0 Å². The number of hydrogen-bond acceptors (Lipinski definition) is 3. The molecule has 0 spiro atoms. The molecule has 1 aromatic rings. The van der Waals surface area contributed by atoms with Crippen LogP contribution in [0.3, 0.4) is 0 Å². The summed E-state index contributed by atoms with van der Waals surface area (Å²) in [5, 5.41) is 4.79. The Morgan fingerprint density at radius 3 is 2.74 bits per heavy atom. The van der Waals surface area contributed by atoms with Crippen molar-refractivity contribution in [2.24, 2.45) is 0 Å². The minimum atomic E-state index is -0.416. The van der Waals surface area contributed by atoms with Crippen LogP contribution < -0.4 is 5.32 Å². The van der Waals surface area contributed by atoms with Crippen LogP contribution in [-0.2, 0) is 22.6 Å². The number of amides is 2. The molecule has 0 saturated carbocycles. The van der Waals surface area contributed by atoms with Crippen LogP contribution in [0.4, 0.5) is 0 Å². The molecule has 1 saturated heterocycles. The maximum Gasteiger partial charge on any atom is 0.245 e. The predicted molar refractivity (Wildman–Crippen MR) is 75.9 cm³/mol. The van der Waals surface area contributed by atoms with Crippen molar-refractivity contribution in [3.8, 4) is 0 Å².